The largest absolute Gasteiger partial charge is 0.457 e. The fourth-order valence-electron chi connectivity index (χ4n) is 3.67. The van der Waals surface area contributed by atoms with Crippen LogP contribution in [-0.2, 0) is 11.2 Å². The lowest BCUT2D eigenvalue weighted by molar-refractivity contribution is -0.119. The summed E-state index contributed by atoms with van der Waals surface area (Å²) in [5, 5.41) is 5.51. The molecule has 4 rings (SSSR count). The van der Waals surface area contributed by atoms with Crippen LogP contribution < -0.4 is 15.4 Å². The highest BCUT2D eigenvalue weighted by atomic mass is 16.5. The summed E-state index contributed by atoms with van der Waals surface area (Å²) in [5.74, 6) is -0.124. The number of carbonyl (C=O) groups excluding carboxylic acids is 3. The Bertz CT molecular complexity index is 1310. The first-order valence-electron chi connectivity index (χ1n) is 11.6. The average Bonchev–Trinajstić information content (AvgIpc) is 2.93. The van der Waals surface area contributed by atoms with Crippen LogP contribution in [-0.4, -0.2) is 30.2 Å². The van der Waals surface area contributed by atoms with Crippen molar-refractivity contribution in [2.75, 3.05) is 6.54 Å². The topological polar surface area (TPSA) is 84.5 Å². The normalized spacial score (nSPS) is 11.2. The first kappa shape index (κ1) is 24.4. The first-order valence-corrected chi connectivity index (χ1v) is 11.6. The van der Waals surface area contributed by atoms with Crippen molar-refractivity contribution in [3.8, 4) is 11.5 Å². The molecule has 0 heterocycles. The molecule has 0 saturated carbocycles. The number of Topliss-reactive ketones (excluding diaryl/α,β-unsaturated/α-hetero) is 1. The SMILES string of the molecule is O=C(NCC(=O)[C@H](Cc1ccccc1)NC(=O)c1ccccc1Oc1ccccc1)c1ccccc1. The van der Waals surface area contributed by atoms with Crippen LogP contribution in [0.4, 0.5) is 0 Å². The minimum atomic E-state index is -0.847. The fraction of sp³-hybridized carbons (Fsp3) is 0.100. The van der Waals surface area contributed by atoms with Crippen LogP contribution in [0.15, 0.2) is 115 Å². The van der Waals surface area contributed by atoms with Crippen LogP contribution in [0.1, 0.15) is 26.3 Å². The van der Waals surface area contributed by atoms with E-state index < -0.39 is 11.9 Å². The summed E-state index contributed by atoms with van der Waals surface area (Å²) in [6, 6.07) is 33.3. The van der Waals surface area contributed by atoms with E-state index in [0.29, 0.717) is 22.6 Å². The van der Waals surface area contributed by atoms with E-state index in [9.17, 15) is 14.4 Å². The summed E-state index contributed by atoms with van der Waals surface area (Å²) < 4.78 is 5.92. The van der Waals surface area contributed by atoms with Gasteiger partial charge in [0, 0.05) is 5.56 Å². The lowest BCUT2D eigenvalue weighted by Gasteiger charge is -2.19. The minimum Gasteiger partial charge on any atom is -0.457 e. The molecule has 0 radical (unpaired) electrons. The zero-order valence-corrected chi connectivity index (χ0v) is 19.6. The van der Waals surface area contributed by atoms with E-state index in [1.54, 1.807) is 60.7 Å². The number of hydrogen-bond acceptors (Lipinski definition) is 4. The standard InChI is InChI=1S/C30H26N2O4/c33-27(21-31-29(34)23-14-6-2-7-15-23)26(20-22-12-4-1-5-13-22)32-30(35)25-18-10-11-19-28(25)36-24-16-8-3-9-17-24/h1-19,26H,20-21H2,(H,31,34)(H,32,35)/t26-/m0/s1. The number of amides is 2. The van der Waals surface area contributed by atoms with Gasteiger partial charge >= 0.3 is 0 Å². The van der Waals surface area contributed by atoms with Crippen LogP contribution in [0.5, 0.6) is 11.5 Å². The maximum atomic E-state index is 13.3. The van der Waals surface area contributed by atoms with Crippen LogP contribution in [0.2, 0.25) is 0 Å². The number of ketones is 1. The molecule has 36 heavy (non-hydrogen) atoms. The molecule has 0 aromatic heterocycles. The van der Waals surface area contributed by atoms with Gasteiger partial charge in [-0.25, -0.2) is 0 Å². The van der Waals surface area contributed by atoms with Gasteiger partial charge in [0.1, 0.15) is 11.5 Å². The summed E-state index contributed by atoms with van der Waals surface area (Å²) in [5.41, 5.74) is 1.65. The van der Waals surface area contributed by atoms with Gasteiger partial charge in [0.25, 0.3) is 11.8 Å². The lowest BCUT2D eigenvalue weighted by Crippen LogP contribution is -2.46. The molecule has 180 valence electrons. The van der Waals surface area contributed by atoms with E-state index in [1.165, 1.54) is 0 Å². The second-order valence-electron chi connectivity index (χ2n) is 8.14. The van der Waals surface area contributed by atoms with Crippen molar-refractivity contribution in [2.45, 2.75) is 12.5 Å². The second-order valence-corrected chi connectivity index (χ2v) is 8.14. The first-order chi connectivity index (χ1) is 17.6. The van der Waals surface area contributed by atoms with Gasteiger partial charge in [-0.3, -0.25) is 14.4 Å². The maximum absolute atomic E-state index is 13.3. The predicted octanol–water partition coefficient (Wildman–Crippen LogP) is 4.82. The highest BCUT2D eigenvalue weighted by Crippen LogP contribution is 2.25. The number of benzene rings is 4. The van der Waals surface area contributed by atoms with E-state index in [1.807, 2.05) is 54.6 Å². The van der Waals surface area contributed by atoms with Crippen molar-refractivity contribution in [3.05, 3.63) is 132 Å². The Balaban J connectivity index is 1.50. The van der Waals surface area contributed by atoms with Gasteiger partial charge in [-0.2, -0.15) is 0 Å². The smallest absolute Gasteiger partial charge is 0.255 e. The highest BCUT2D eigenvalue weighted by molar-refractivity contribution is 6.02. The highest BCUT2D eigenvalue weighted by Gasteiger charge is 2.24. The van der Waals surface area contributed by atoms with Gasteiger partial charge in [-0.15, -0.1) is 0 Å². The van der Waals surface area contributed by atoms with Crippen LogP contribution in [0.25, 0.3) is 0 Å². The Kier molecular flexibility index (Phi) is 8.22. The van der Waals surface area contributed by atoms with Crippen LogP contribution >= 0.6 is 0 Å². The minimum absolute atomic E-state index is 0.215. The van der Waals surface area contributed by atoms with E-state index >= 15 is 0 Å². The summed E-state index contributed by atoms with van der Waals surface area (Å²) in [6.45, 7) is -0.215. The van der Waals surface area contributed by atoms with E-state index in [2.05, 4.69) is 10.6 Å². The molecular formula is C30H26N2O4. The third-order valence-electron chi connectivity index (χ3n) is 5.54. The Morgan fingerprint density at radius 1 is 0.667 bits per heavy atom. The summed E-state index contributed by atoms with van der Waals surface area (Å²) in [4.78, 5) is 38.9. The van der Waals surface area contributed by atoms with Crippen molar-refractivity contribution in [3.63, 3.8) is 0 Å². The van der Waals surface area contributed by atoms with Gasteiger partial charge in [0.2, 0.25) is 0 Å². The van der Waals surface area contributed by atoms with Crippen molar-refractivity contribution in [1.29, 1.82) is 0 Å². The molecule has 0 bridgehead atoms. The number of ether oxygens (including phenoxy) is 1. The molecule has 6 heteroatoms. The van der Waals surface area contributed by atoms with Crippen molar-refractivity contribution >= 4 is 17.6 Å². The zero-order valence-electron chi connectivity index (χ0n) is 19.6. The molecule has 0 unspecified atom stereocenters. The Morgan fingerprint density at radius 3 is 1.94 bits per heavy atom. The zero-order chi connectivity index (χ0) is 25.2. The maximum Gasteiger partial charge on any atom is 0.255 e. The molecule has 4 aromatic rings. The Hall–Kier alpha value is -4.71. The molecular weight excluding hydrogens is 452 g/mol. The summed E-state index contributed by atoms with van der Waals surface area (Å²) >= 11 is 0. The van der Waals surface area contributed by atoms with Gasteiger partial charge in [0.15, 0.2) is 5.78 Å². The van der Waals surface area contributed by atoms with Crippen molar-refractivity contribution < 1.29 is 19.1 Å². The van der Waals surface area contributed by atoms with E-state index in [-0.39, 0.29) is 24.7 Å². The number of hydrogen-bond donors (Lipinski definition) is 2. The number of nitrogens with one attached hydrogen (secondary N) is 2. The third-order valence-corrected chi connectivity index (χ3v) is 5.54. The molecule has 2 N–H and O–H groups in total. The third kappa shape index (κ3) is 6.67. The van der Waals surface area contributed by atoms with E-state index in [0.717, 1.165) is 5.56 Å². The van der Waals surface area contributed by atoms with Gasteiger partial charge in [0.05, 0.1) is 18.2 Å². The quantitative estimate of drug-likeness (QED) is 0.342. The van der Waals surface area contributed by atoms with Crippen molar-refractivity contribution in [2.24, 2.45) is 0 Å². The van der Waals surface area contributed by atoms with Gasteiger partial charge in [-0.1, -0.05) is 78.9 Å². The predicted molar refractivity (Wildman–Crippen MR) is 138 cm³/mol. The van der Waals surface area contributed by atoms with E-state index in [4.69, 9.17) is 4.74 Å². The van der Waals surface area contributed by atoms with Gasteiger partial charge < -0.3 is 15.4 Å². The van der Waals surface area contributed by atoms with Crippen LogP contribution in [0, 0.1) is 0 Å². The number of rotatable bonds is 10. The summed E-state index contributed by atoms with van der Waals surface area (Å²) in [6.07, 6.45) is 0.286. The lowest BCUT2D eigenvalue weighted by atomic mass is 10.0. The monoisotopic (exact) mass is 478 g/mol. The number of para-hydroxylation sites is 2. The Morgan fingerprint density at radius 2 is 1.25 bits per heavy atom. The number of carbonyl (C=O) groups is 3. The molecule has 1 atom stereocenters. The molecule has 2 amide bonds. The molecule has 0 aliphatic rings. The molecule has 4 aromatic carbocycles. The fourth-order valence-corrected chi connectivity index (χ4v) is 3.67. The molecule has 0 aliphatic carbocycles. The molecule has 0 aliphatic heterocycles. The molecule has 0 fully saturated rings. The van der Waals surface area contributed by atoms with Crippen molar-refractivity contribution in [1.82, 2.24) is 10.6 Å². The molecule has 6 nitrogen and oxygen atoms in total. The average molecular weight is 479 g/mol. The second kappa shape index (κ2) is 12.1. The molecule has 0 saturated heterocycles. The van der Waals surface area contributed by atoms with Gasteiger partial charge in [-0.05, 0) is 48.4 Å². The Labute approximate surface area is 209 Å². The molecule has 0 spiro atoms. The summed E-state index contributed by atoms with van der Waals surface area (Å²) in [7, 11) is 0. The van der Waals surface area contributed by atoms with Crippen LogP contribution in [0.3, 0.4) is 0 Å².